The zero-order valence-corrected chi connectivity index (χ0v) is 16.5. The second kappa shape index (κ2) is 10.4. The minimum atomic E-state index is -6.00. The van der Waals surface area contributed by atoms with Crippen LogP contribution in [0.3, 0.4) is 0 Å². The quantitative estimate of drug-likeness (QED) is 0.229. The summed E-state index contributed by atoms with van der Waals surface area (Å²) in [5.41, 5.74) is 3.48. The topological polar surface area (TPSA) is 21.7 Å². The summed E-state index contributed by atoms with van der Waals surface area (Å²) in [6.07, 6.45) is 6.20. The van der Waals surface area contributed by atoms with Crippen molar-refractivity contribution in [3.05, 3.63) is 114 Å². The maximum absolute atomic E-state index is 9.75. The molecule has 0 fully saturated rings. The zero-order chi connectivity index (χ0) is 22.1. The van der Waals surface area contributed by atoms with Gasteiger partial charge < -0.3 is 17.3 Å². The minimum Gasteiger partial charge on any atom is -0.418 e. The Bertz CT molecular complexity index is 1090. The van der Waals surface area contributed by atoms with E-state index in [-0.39, 0.29) is 0 Å². The van der Waals surface area contributed by atoms with E-state index in [1.165, 1.54) is 5.56 Å². The van der Waals surface area contributed by atoms with Crippen molar-refractivity contribution in [3.8, 4) is 5.69 Å². The molecule has 1 aromatic heterocycles. The molecule has 31 heavy (non-hydrogen) atoms. The second-order valence-corrected chi connectivity index (χ2v) is 6.60. The summed E-state index contributed by atoms with van der Waals surface area (Å²) in [5.74, 6) is 0.899. The molecule has 3 nitrogen and oxygen atoms in total. The van der Waals surface area contributed by atoms with Crippen LogP contribution < -0.4 is 4.57 Å². The Balaban J connectivity index is 0.000000491. The summed E-state index contributed by atoms with van der Waals surface area (Å²) in [6.45, 7) is 0.743. The second-order valence-electron chi connectivity index (χ2n) is 6.60. The van der Waals surface area contributed by atoms with E-state index in [4.69, 9.17) is 5.10 Å². The Kier molecular flexibility index (Phi) is 7.38. The monoisotopic (exact) mass is 425 g/mol. The first-order chi connectivity index (χ1) is 14.9. The Morgan fingerprint density at radius 3 is 1.84 bits per heavy atom. The number of hydrogen-bond acceptors (Lipinski definition) is 1. The van der Waals surface area contributed by atoms with Gasteiger partial charge in [-0.3, -0.25) is 0 Å². The van der Waals surface area contributed by atoms with Crippen molar-refractivity contribution in [3.63, 3.8) is 0 Å². The van der Waals surface area contributed by atoms with Crippen LogP contribution in [0.1, 0.15) is 17.0 Å². The zero-order valence-electron chi connectivity index (χ0n) is 16.5. The number of nitrogens with zero attached hydrogens (tertiary/aromatic N) is 3. The van der Waals surface area contributed by atoms with Gasteiger partial charge in [-0.05, 0) is 29.3 Å². The van der Waals surface area contributed by atoms with Crippen molar-refractivity contribution in [2.24, 2.45) is 0 Å². The van der Waals surface area contributed by atoms with Crippen LogP contribution in [0.5, 0.6) is 0 Å². The lowest BCUT2D eigenvalue weighted by molar-refractivity contribution is -0.598. The van der Waals surface area contributed by atoms with Crippen LogP contribution in [0.15, 0.2) is 97.3 Å². The predicted octanol–water partition coefficient (Wildman–Crippen LogP) is 5.68. The van der Waals surface area contributed by atoms with E-state index in [1.54, 1.807) is 0 Å². The van der Waals surface area contributed by atoms with Crippen LogP contribution in [0.2, 0.25) is 0 Å². The fourth-order valence-corrected chi connectivity index (χ4v) is 2.88. The summed E-state index contributed by atoms with van der Waals surface area (Å²) in [4.78, 5) is 0. The van der Waals surface area contributed by atoms with Gasteiger partial charge in [0.05, 0.1) is 0 Å². The lowest BCUT2D eigenvalue weighted by Crippen LogP contribution is -2.31. The van der Waals surface area contributed by atoms with Gasteiger partial charge in [0.25, 0.3) is 0 Å². The molecule has 0 bridgehead atoms. The van der Waals surface area contributed by atoms with Crippen LogP contribution in [-0.2, 0) is 6.54 Å². The molecule has 1 heterocycles. The molecular weight excluding hydrogens is 405 g/mol. The first-order valence-electron chi connectivity index (χ1n) is 9.57. The first-order valence-corrected chi connectivity index (χ1v) is 9.57. The molecule has 0 saturated carbocycles. The van der Waals surface area contributed by atoms with Gasteiger partial charge >= 0.3 is 13.1 Å². The summed E-state index contributed by atoms with van der Waals surface area (Å²) in [6, 6.07) is 31.0. The maximum Gasteiger partial charge on any atom is 0.673 e. The van der Waals surface area contributed by atoms with Gasteiger partial charge in [-0.25, -0.2) is 0 Å². The van der Waals surface area contributed by atoms with E-state index >= 15 is 0 Å². The van der Waals surface area contributed by atoms with E-state index in [0.717, 1.165) is 23.6 Å². The van der Waals surface area contributed by atoms with Crippen LogP contribution in [0, 0.1) is 0 Å². The number of aromatic nitrogens is 3. The number of rotatable bonds is 5. The summed E-state index contributed by atoms with van der Waals surface area (Å²) < 4.78 is 43.1. The lowest BCUT2D eigenvalue weighted by atomic mass is 10.2. The van der Waals surface area contributed by atoms with Crippen molar-refractivity contribution in [2.75, 3.05) is 0 Å². The summed E-state index contributed by atoms with van der Waals surface area (Å²) in [7, 11) is -6.00. The molecule has 0 aliphatic carbocycles. The van der Waals surface area contributed by atoms with E-state index in [1.807, 2.05) is 53.5 Å². The maximum atomic E-state index is 9.75. The van der Waals surface area contributed by atoms with Crippen LogP contribution in [0.4, 0.5) is 17.3 Å². The SMILES string of the molecule is C(=C\c1nn(Cc2ccccc2)c[n+]1-c1ccccc1)/c1ccccc1.F[B-](F)(F)F. The van der Waals surface area contributed by atoms with Crippen LogP contribution >= 0.6 is 0 Å². The third-order valence-electron chi connectivity index (χ3n) is 4.17. The van der Waals surface area contributed by atoms with Gasteiger partial charge in [-0.1, -0.05) is 78.9 Å². The molecule has 0 saturated heterocycles. The molecular formula is C23H20BF4N3. The van der Waals surface area contributed by atoms with Crippen molar-refractivity contribution < 1.29 is 21.8 Å². The molecule has 0 amide bonds. The lowest BCUT2D eigenvalue weighted by Gasteiger charge is -1.97. The van der Waals surface area contributed by atoms with E-state index < -0.39 is 7.25 Å². The molecule has 0 N–H and O–H groups in total. The first kappa shape index (κ1) is 22.0. The molecule has 8 heteroatoms. The van der Waals surface area contributed by atoms with Crippen LogP contribution in [0.25, 0.3) is 17.8 Å². The Morgan fingerprint density at radius 1 is 0.742 bits per heavy atom. The van der Waals surface area contributed by atoms with Gasteiger partial charge in [0.2, 0.25) is 6.33 Å². The third-order valence-corrected chi connectivity index (χ3v) is 4.17. The average molecular weight is 425 g/mol. The van der Waals surface area contributed by atoms with E-state index in [2.05, 4.69) is 65.3 Å². The fraction of sp³-hybridized carbons (Fsp3) is 0.0435. The molecule has 4 rings (SSSR count). The van der Waals surface area contributed by atoms with Gasteiger partial charge in [0.15, 0.2) is 0 Å². The molecule has 0 aliphatic heterocycles. The molecule has 0 unspecified atom stereocenters. The highest BCUT2D eigenvalue weighted by Crippen LogP contribution is 2.08. The normalized spacial score (nSPS) is 11.2. The summed E-state index contributed by atoms with van der Waals surface area (Å²) >= 11 is 0. The molecule has 0 spiro atoms. The Morgan fingerprint density at radius 2 is 1.26 bits per heavy atom. The molecule has 158 valence electrons. The van der Waals surface area contributed by atoms with E-state index in [0.29, 0.717) is 0 Å². The molecule has 0 radical (unpaired) electrons. The standard InChI is InChI=1S/C23H20N3.BF4/c1-4-10-20(11-5-1)16-17-23-24-25(18-21-12-6-2-7-13-21)19-26(23)22-14-8-3-9-15-22;2-1(3,4)5/h1-17,19H,18H2;/q+1;-1/b17-16+;. The highest BCUT2D eigenvalue weighted by atomic mass is 19.5. The van der Waals surface area contributed by atoms with E-state index in [9.17, 15) is 17.3 Å². The predicted molar refractivity (Wildman–Crippen MR) is 115 cm³/mol. The smallest absolute Gasteiger partial charge is 0.418 e. The molecule has 3 aromatic carbocycles. The van der Waals surface area contributed by atoms with Gasteiger partial charge in [0.1, 0.15) is 12.2 Å². The van der Waals surface area contributed by atoms with Crippen LogP contribution in [-0.4, -0.2) is 17.0 Å². The number of para-hydroxylation sites is 1. The Hall–Kier alpha value is -3.68. The minimum absolute atomic E-state index is 0.743. The summed E-state index contributed by atoms with van der Waals surface area (Å²) in [5, 5.41) is 4.79. The molecule has 4 aromatic rings. The highest BCUT2D eigenvalue weighted by Gasteiger charge is 2.20. The number of hydrogen-bond donors (Lipinski definition) is 0. The van der Waals surface area contributed by atoms with Gasteiger partial charge in [-0.2, -0.15) is 4.57 Å². The number of benzene rings is 3. The molecule has 0 atom stereocenters. The fourth-order valence-electron chi connectivity index (χ4n) is 2.88. The molecule has 0 aliphatic rings. The third kappa shape index (κ3) is 7.58. The Labute approximate surface area is 178 Å². The number of halogens is 4. The van der Waals surface area contributed by atoms with Crippen molar-refractivity contribution in [2.45, 2.75) is 6.54 Å². The van der Waals surface area contributed by atoms with Crippen molar-refractivity contribution in [1.29, 1.82) is 0 Å². The highest BCUT2D eigenvalue weighted by molar-refractivity contribution is 6.50. The largest absolute Gasteiger partial charge is 0.673 e. The van der Waals surface area contributed by atoms with Crippen molar-refractivity contribution >= 4 is 19.4 Å². The van der Waals surface area contributed by atoms with Crippen molar-refractivity contribution in [1.82, 2.24) is 9.78 Å². The van der Waals surface area contributed by atoms with Gasteiger partial charge in [0, 0.05) is 11.2 Å². The average Bonchev–Trinajstić information content (AvgIpc) is 3.16. The van der Waals surface area contributed by atoms with Gasteiger partial charge in [-0.15, -0.1) is 4.68 Å².